The normalized spacial score (nSPS) is 12.9. The van der Waals surface area contributed by atoms with Gasteiger partial charge in [-0.2, -0.15) is 0 Å². The number of alkyl halides is 1. The van der Waals surface area contributed by atoms with Crippen molar-refractivity contribution in [1.29, 1.82) is 0 Å². The van der Waals surface area contributed by atoms with E-state index in [9.17, 15) is 4.79 Å². The molecule has 0 heterocycles. The summed E-state index contributed by atoms with van der Waals surface area (Å²) in [6.07, 6.45) is 1.41. The van der Waals surface area contributed by atoms with Gasteiger partial charge in [0.15, 0.2) is 0 Å². The van der Waals surface area contributed by atoms with Crippen molar-refractivity contribution in [1.82, 2.24) is 0 Å². The first-order valence-corrected chi connectivity index (χ1v) is 2.62. The van der Waals surface area contributed by atoms with Crippen LogP contribution in [0.2, 0.25) is 13.1 Å². The van der Waals surface area contributed by atoms with Crippen LogP contribution in [0.15, 0.2) is 0 Å². The van der Waals surface area contributed by atoms with E-state index in [2.05, 4.69) is 0 Å². The summed E-state index contributed by atoms with van der Waals surface area (Å²) >= 11 is 5.37. The van der Waals surface area contributed by atoms with Crippen molar-refractivity contribution in [3.63, 3.8) is 0 Å². The van der Waals surface area contributed by atoms with E-state index in [0.717, 1.165) is 6.29 Å². The van der Waals surface area contributed by atoms with Crippen molar-refractivity contribution in [3.8, 4) is 0 Å². The first-order valence-electron chi connectivity index (χ1n) is 2.18. The summed E-state index contributed by atoms with van der Waals surface area (Å²) in [5, 5.41) is -0.315. The molecule has 0 spiro atoms. The van der Waals surface area contributed by atoms with E-state index in [4.69, 9.17) is 11.6 Å². The van der Waals surface area contributed by atoms with Crippen molar-refractivity contribution in [2.24, 2.45) is 0 Å². The molecule has 0 bridgehead atoms. The minimum Gasteiger partial charge on any atom is -0.302 e. The van der Waals surface area contributed by atoms with Gasteiger partial charge < -0.3 is 4.79 Å². The Bertz CT molecular complexity index is 57.7. The highest BCUT2D eigenvalue weighted by molar-refractivity contribution is 6.39. The van der Waals surface area contributed by atoms with E-state index < -0.39 is 0 Å². The Morgan fingerprint density at radius 3 is 2.71 bits per heavy atom. The van der Waals surface area contributed by atoms with Gasteiger partial charge in [0.2, 0.25) is 0 Å². The molecule has 0 aliphatic rings. The average Bonchev–Trinajstić information content (AvgIpc) is 1.68. The molecule has 0 rings (SSSR count). The SMILES string of the molecule is C[B]CC(Cl)C=O. The van der Waals surface area contributed by atoms with Crippen LogP contribution in [0.4, 0.5) is 0 Å². The minimum atomic E-state index is -0.315. The van der Waals surface area contributed by atoms with Crippen molar-refractivity contribution in [2.45, 2.75) is 18.5 Å². The third-order valence-electron chi connectivity index (χ3n) is 0.609. The van der Waals surface area contributed by atoms with Crippen LogP contribution in [0.5, 0.6) is 0 Å². The predicted molar refractivity (Wildman–Crippen MR) is 32.1 cm³/mol. The Balaban J connectivity index is 2.98. The lowest BCUT2D eigenvalue weighted by atomic mass is 9.77. The van der Waals surface area contributed by atoms with Crippen LogP contribution in [-0.2, 0) is 4.79 Å². The number of halogens is 1. The van der Waals surface area contributed by atoms with Gasteiger partial charge in [0, 0.05) is 0 Å². The fourth-order valence-corrected chi connectivity index (χ4v) is 0.459. The quantitative estimate of drug-likeness (QED) is 0.306. The third-order valence-corrected chi connectivity index (χ3v) is 0.890. The van der Waals surface area contributed by atoms with Gasteiger partial charge in [0.05, 0.1) is 5.38 Å². The summed E-state index contributed by atoms with van der Waals surface area (Å²) in [6.45, 7) is 1.87. The van der Waals surface area contributed by atoms with Gasteiger partial charge in [-0.3, -0.25) is 0 Å². The highest BCUT2D eigenvalue weighted by Crippen LogP contribution is 1.95. The molecule has 0 N–H and O–H groups in total. The molecular formula is C4H7BClO. The second-order valence-corrected chi connectivity index (χ2v) is 1.86. The number of hydrogen-bond acceptors (Lipinski definition) is 1. The molecule has 1 unspecified atom stereocenters. The maximum absolute atomic E-state index is 9.74. The third kappa shape index (κ3) is 3.87. The average molecular weight is 117 g/mol. The lowest BCUT2D eigenvalue weighted by molar-refractivity contribution is -0.107. The van der Waals surface area contributed by atoms with Gasteiger partial charge in [-0.25, -0.2) is 0 Å². The second-order valence-electron chi connectivity index (χ2n) is 1.30. The van der Waals surface area contributed by atoms with E-state index >= 15 is 0 Å². The second kappa shape index (κ2) is 4.19. The monoisotopic (exact) mass is 117 g/mol. The van der Waals surface area contributed by atoms with Crippen molar-refractivity contribution in [2.75, 3.05) is 0 Å². The van der Waals surface area contributed by atoms with Crippen molar-refractivity contribution in [3.05, 3.63) is 0 Å². The van der Waals surface area contributed by atoms with Crippen molar-refractivity contribution < 1.29 is 4.79 Å². The van der Waals surface area contributed by atoms with E-state index in [1.807, 2.05) is 14.1 Å². The molecule has 0 fully saturated rings. The predicted octanol–water partition coefficient (Wildman–Crippen LogP) is 0.963. The Morgan fingerprint density at radius 2 is 2.57 bits per heavy atom. The van der Waals surface area contributed by atoms with Crippen molar-refractivity contribution >= 4 is 25.2 Å². The number of hydrogen-bond donors (Lipinski definition) is 0. The topological polar surface area (TPSA) is 17.1 Å². The Labute approximate surface area is 49.3 Å². The van der Waals surface area contributed by atoms with Gasteiger partial charge in [-0.05, 0) is 0 Å². The van der Waals surface area contributed by atoms with Gasteiger partial charge in [0.25, 0.3) is 0 Å². The highest BCUT2D eigenvalue weighted by Gasteiger charge is 1.97. The first kappa shape index (κ1) is 7.02. The van der Waals surface area contributed by atoms with E-state index in [1.165, 1.54) is 0 Å². The molecule has 3 heteroatoms. The minimum absolute atomic E-state index is 0.315. The zero-order valence-electron chi connectivity index (χ0n) is 4.23. The van der Waals surface area contributed by atoms with Crippen LogP contribution in [-0.4, -0.2) is 18.9 Å². The summed E-state index contributed by atoms with van der Waals surface area (Å²) in [6, 6.07) is 0. The van der Waals surface area contributed by atoms with E-state index in [-0.39, 0.29) is 5.38 Å². The molecule has 0 saturated heterocycles. The highest BCUT2D eigenvalue weighted by atomic mass is 35.5. The number of carbonyl (C=O) groups excluding carboxylic acids is 1. The van der Waals surface area contributed by atoms with Gasteiger partial charge in [-0.15, -0.1) is 11.6 Å². The summed E-state index contributed by atoms with van der Waals surface area (Å²) in [7, 11) is 1.87. The Morgan fingerprint density at radius 1 is 2.00 bits per heavy atom. The summed E-state index contributed by atoms with van der Waals surface area (Å²) < 4.78 is 0. The number of rotatable bonds is 3. The van der Waals surface area contributed by atoms with E-state index in [1.54, 1.807) is 0 Å². The van der Waals surface area contributed by atoms with Crippen LogP contribution in [0.3, 0.4) is 0 Å². The summed E-state index contributed by atoms with van der Waals surface area (Å²) in [5.41, 5.74) is 0. The standard InChI is InChI=1S/C4H7BClO/c1-5-2-4(6)3-7/h3-4H,2H2,1H3. The van der Waals surface area contributed by atoms with Gasteiger partial charge in [0.1, 0.15) is 13.6 Å². The molecule has 0 amide bonds. The molecule has 7 heavy (non-hydrogen) atoms. The van der Waals surface area contributed by atoms with E-state index in [0.29, 0.717) is 6.32 Å². The van der Waals surface area contributed by atoms with Gasteiger partial charge >= 0.3 is 0 Å². The molecule has 0 saturated carbocycles. The largest absolute Gasteiger partial charge is 0.302 e. The fourth-order valence-electron chi connectivity index (χ4n) is 0.281. The molecule has 0 aromatic rings. The van der Waals surface area contributed by atoms with Crippen LogP contribution in [0.25, 0.3) is 0 Å². The molecule has 39 valence electrons. The molecule has 0 aromatic heterocycles. The van der Waals surface area contributed by atoms with Crippen LogP contribution in [0.1, 0.15) is 0 Å². The van der Waals surface area contributed by atoms with Crippen LogP contribution < -0.4 is 0 Å². The number of carbonyl (C=O) groups is 1. The molecular weight excluding hydrogens is 110 g/mol. The fraction of sp³-hybridized carbons (Fsp3) is 0.750. The van der Waals surface area contributed by atoms with Crippen LogP contribution >= 0.6 is 11.6 Å². The smallest absolute Gasteiger partial charge is 0.137 e. The molecule has 0 aliphatic heterocycles. The maximum atomic E-state index is 9.74. The zero-order chi connectivity index (χ0) is 5.70. The lowest BCUT2D eigenvalue weighted by Gasteiger charge is -1.91. The van der Waals surface area contributed by atoms with Crippen LogP contribution in [0, 0.1) is 0 Å². The number of aldehydes is 1. The zero-order valence-corrected chi connectivity index (χ0v) is 4.98. The summed E-state index contributed by atoms with van der Waals surface area (Å²) in [5.74, 6) is 0. The molecule has 0 aliphatic carbocycles. The molecule has 1 radical (unpaired) electrons. The Kier molecular flexibility index (Phi) is 4.21. The maximum Gasteiger partial charge on any atom is 0.137 e. The molecule has 0 aromatic carbocycles. The summed E-state index contributed by atoms with van der Waals surface area (Å²) in [4.78, 5) is 9.74. The first-order chi connectivity index (χ1) is 3.31. The lowest BCUT2D eigenvalue weighted by Crippen LogP contribution is -2.00. The Hall–Kier alpha value is 0.0249. The molecule has 1 nitrogen and oxygen atoms in total. The molecule has 1 atom stereocenters. The van der Waals surface area contributed by atoms with Gasteiger partial charge in [-0.1, -0.05) is 13.1 Å².